The number of hydrogen-bond donors (Lipinski definition) is 3. The minimum atomic E-state index is -0.675. The molecule has 2 fully saturated rings. The maximum absolute atomic E-state index is 13.1. The van der Waals surface area contributed by atoms with Crippen LogP contribution in [-0.4, -0.2) is 70.0 Å². The molecular weight excluding hydrogens is 496 g/mol. The molecule has 39 heavy (non-hydrogen) atoms. The molecule has 2 aliphatic rings. The van der Waals surface area contributed by atoms with E-state index in [4.69, 9.17) is 5.21 Å². The summed E-state index contributed by atoms with van der Waals surface area (Å²) in [5.74, 6) is -0.366. The maximum atomic E-state index is 13.1. The van der Waals surface area contributed by atoms with Crippen molar-refractivity contribution in [3.05, 3.63) is 88.7 Å². The number of amides is 3. The summed E-state index contributed by atoms with van der Waals surface area (Å²) in [4.78, 5) is 49.7. The topological polar surface area (TPSA) is 128 Å². The number of nitrogens with zero attached hydrogens (tertiary/aromatic N) is 4. The number of nitrogens with one attached hydrogen (secondary N) is 2. The van der Waals surface area contributed by atoms with E-state index in [1.54, 1.807) is 22.5 Å². The van der Waals surface area contributed by atoms with Gasteiger partial charge >= 0.3 is 0 Å². The molecule has 1 aromatic heterocycles. The fourth-order valence-corrected chi connectivity index (χ4v) is 4.35. The summed E-state index contributed by atoms with van der Waals surface area (Å²) < 4.78 is 0. The minimum Gasteiger partial charge on any atom is -0.349 e. The number of hydrogen-bond acceptors (Lipinski definition) is 7. The van der Waals surface area contributed by atoms with E-state index in [1.165, 1.54) is 12.4 Å². The quantitative estimate of drug-likeness (QED) is 0.187. The number of aromatic nitrogens is 2. The van der Waals surface area contributed by atoms with Crippen molar-refractivity contribution in [3.63, 3.8) is 0 Å². The van der Waals surface area contributed by atoms with Crippen LogP contribution in [0.25, 0.3) is 11.6 Å². The van der Waals surface area contributed by atoms with Crippen molar-refractivity contribution < 1.29 is 19.6 Å². The maximum Gasteiger partial charge on any atom is 0.277 e. The first-order valence-electron chi connectivity index (χ1n) is 12.9. The molecule has 0 atom stereocenters. The fraction of sp³-hybridized carbons (Fsp3) is 0.276. The first kappa shape index (κ1) is 26.1. The van der Waals surface area contributed by atoms with E-state index in [9.17, 15) is 14.4 Å². The van der Waals surface area contributed by atoms with Gasteiger partial charge in [0.15, 0.2) is 0 Å². The molecule has 2 aromatic carbocycles. The Kier molecular flexibility index (Phi) is 7.64. The highest BCUT2D eigenvalue weighted by molar-refractivity contribution is 6.24. The summed E-state index contributed by atoms with van der Waals surface area (Å²) in [5, 5.41) is 11.8. The third-order valence-electron chi connectivity index (χ3n) is 6.84. The number of carbonyl (C=O) groups is 3. The number of hydroxylamine groups is 1. The standard InChI is InChI=1S/C29H30N6O4/c1-19-2-6-21(7-3-19)25(27(37)32-24-10-11-24)16-20-4-8-22(9-5-20)28(38)34-12-14-35(15-13-34)29-30-17-23(18-31-29)26(36)33-39/h2-9,16-18,24,39H,10-15H2,1H3,(H,32,37)(H,33,36). The lowest BCUT2D eigenvalue weighted by Crippen LogP contribution is -2.49. The van der Waals surface area contributed by atoms with Crippen molar-refractivity contribution in [2.75, 3.05) is 31.1 Å². The van der Waals surface area contributed by atoms with Gasteiger partial charge in [0.25, 0.3) is 17.7 Å². The molecule has 10 heteroatoms. The lowest BCUT2D eigenvalue weighted by atomic mass is 10.00. The van der Waals surface area contributed by atoms with Crippen molar-refractivity contribution in [1.82, 2.24) is 25.7 Å². The van der Waals surface area contributed by atoms with Crippen LogP contribution < -0.4 is 15.7 Å². The highest BCUT2D eigenvalue weighted by Gasteiger charge is 2.26. The SMILES string of the molecule is Cc1ccc(C(=Cc2ccc(C(=O)N3CCN(c4ncc(C(=O)NO)cn4)CC3)cc2)C(=O)NC2CC2)cc1. The number of rotatable bonds is 7. The van der Waals surface area contributed by atoms with Gasteiger partial charge in [0, 0.05) is 55.8 Å². The van der Waals surface area contributed by atoms with Crippen molar-refractivity contribution in [2.24, 2.45) is 0 Å². The molecule has 1 saturated carbocycles. The van der Waals surface area contributed by atoms with Crippen LogP contribution in [0.2, 0.25) is 0 Å². The smallest absolute Gasteiger partial charge is 0.277 e. The van der Waals surface area contributed by atoms with Gasteiger partial charge in [0.2, 0.25) is 5.95 Å². The third kappa shape index (κ3) is 6.29. The zero-order valence-corrected chi connectivity index (χ0v) is 21.6. The Morgan fingerprint density at radius 1 is 0.872 bits per heavy atom. The Morgan fingerprint density at radius 3 is 2.08 bits per heavy atom. The van der Waals surface area contributed by atoms with Crippen LogP contribution in [0.3, 0.4) is 0 Å². The summed E-state index contributed by atoms with van der Waals surface area (Å²) in [6.07, 6.45) is 6.59. The van der Waals surface area contributed by atoms with Crippen LogP contribution in [0.1, 0.15) is 50.2 Å². The van der Waals surface area contributed by atoms with Crippen LogP contribution in [-0.2, 0) is 4.79 Å². The third-order valence-corrected chi connectivity index (χ3v) is 6.84. The van der Waals surface area contributed by atoms with Gasteiger partial charge in [-0.05, 0) is 49.1 Å². The van der Waals surface area contributed by atoms with Gasteiger partial charge in [-0.2, -0.15) is 0 Å². The van der Waals surface area contributed by atoms with Gasteiger partial charge in [0.05, 0.1) is 5.56 Å². The minimum absolute atomic E-state index is 0.0636. The predicted octanol–water partition coefficient (Wildman–Crippen LogP) is 2.69. The number of benzene rings is 2. The molecule has 0 radical (unpaired) electrons. The van der Waals surface area contributed by atoms with E-state index in [-0.39, 0.29) is 23.4 Å². The summed E-state index contributed by atoms with van der Waals surface area (Å²) in [6.45, 7) is 4.12. The highest BCUT2D eigenvalue weighted by atomic mass is 16.5. The second kappa shape index (κ2) is 11.4. The van der Waals surface area contributed by atoms with Gasteiger partial charge in [-0.1, -0.05) is 42.0 Å². The van der Waals surface area contributed by atoms with Crippen molar-refractivity contribution in [3.8, 4) is 0 Å². The second-order valence-electron chi connectivity index (χ2n) is 9.79. The fourth-order valence-electron chi connectivity index (χ4n) is 4.35. The molecule has 5 rings (SSSR count). The number of anilines is 1. The van der Waals surface area contributed by atoms with Gasteiger partial charge in [0.1, 0.15) is 0 Å². The summed E-state index contributed by atoms with van der Waals surface area (Å²) in [6, 6.07) is 15.5. The van der Waals surface area contributed by atoms with Gasteiger partial charge in [-0.15, -0.1) is 0 Å². The predicted molar refractivity (Wildman–Crippen MR) is 146 cm³/mol. The Morgan fingerprint density at radius 2 is 1.49 bits per heavy atom. The number of piperazine rings is 1. The molecular formula is C29H30N6O4. The lowest BCUT2D eigenvalue weighted by Gasteiger charge is -2.34. The van der Waals surface area contributed by atoms with E-state index in [0.29, 0.717) is 43.3 Å². The molecule has 0 unspecified atom stereocenters. The molecule has 1 aliphatic heterocycles. The first-order valence-corrected chi connectivity index (χ1v) is 12.9. The van der Waals surface area contributed by atoms with E-state index < -0.39 is 5.91 Å². The first-order chi connectivity index (χ1) is 18.9. The molecule has 3 aromatic rings. The van der Waals surface area contributed by atoms with Crippen LogP contribution in [0.4, 0.5) is 5.95 Å². The molecule has 0 spiro atoms. The van der Waals surface area contributed by atoms with E-state index >= 15 is 0 Å². The second-order valence-corrected chi connectivity index (χ2v) is 9.79. The van der Waals surface area contributed by atoms with Gasteiger partial charge in [-0.3, -0.25) is 19.6 Å². The molecule has 3 N–H and O–H groups in total. The summed E-state index contributed by atoms with van der Waals surface area (Å²) in [5.41, 5.74) is 5.71. The molecule has 1 saturated heterocycles. The average molecular weight is 527 g/mol. The average Bonchev–Trinajstić information content (AvgIpc) is 3.80. The molecule has 1 aliphatic carbocycles. The number of aryl methyl sites for hydroxylation is 1. The normalized spacial score (nSPS) is 15.6. The van der Waals surface area contributed by atoms with Crippen LogP contribution >= 0.6 is 0 Å². The Hall–Kier alpha value is -4.57. The molecule has 3 amide bonds. The van der Waals surface area contributed by atoms with E-state index in [0.717, 1.165) is 29.5 Å². The molecule has 0 bridgehead atoms. The van der Waals surface area contributed by atoms with Crippen molar-refractivity contribution in [1.29, 1.82) is 0 Å². The van der Waals surface area contributed by atoms with Crippen LogP contribution in [0.15, 0.2) is 60.9 Å². The van der Waals surface area contributed by atoms with E-state index in [2.05, 4.69) is 15.3 Å². The largest absolute Gasteiger partial charge is 0.349 e. The van der Waals surface area contributed by atoms with Crippen LogP contribution in [0.5, 0.6) is 0 Å². The number of carbonyl (C=O) groups excluding carboxylic acids is 3. The Labute approximate surface area is 226 Å². The molecule has 10 nitrogen and oxygen atoms in total. The van der Waals surface area contributed by atoms with E-state index in [1.807, 2.05) is 54.3 Å². The van der Waals surface area contributed by atoms with Crippen molar-refractivity contribution in [2.45, 2.75) is 25.8 Å². The summed E-state index contributed by atoms with van der Waals surface area (Å²) in [7, 11) is 0. The zero-order valence-electron chi connectivity index (χ0n) is 21.6. The van der Waals surface area contributed by atoms with Crippen LogP contribution in [0, 0.1) is 6.92 Å². The lowest BCUT2D eigenvalue weighted by molar-refractivity contribution is -0.115. The monoisotopic (exact) mass is 526 g/mol. The van der Waals surface area contributed by atoms with Gasteiger partial charge in [-0.25, -0.2) is 15.4 Å². The summed E-state index contributed by atoms with van der Waals surface area (Å²) >= 11 is 0. The van der Waals surface area contributed by atoms with Crippen molar-refractivity contribution >= 4 is 35.3 Å². The Balaban J connectivity index is 1.24. The molecule has 200 valence electrons. The Bertz CT molecular complexity index is 1370. The highest BCUT2D eigenvalue weighted by Crippen LogP contribution is 2.24. The van der Waals surface area contributed by atoms with Gasteiger partial charge < -0.3 is 15.1 Å². The zero-order chi connectivity index (χ0) is 27.4. The molecule has 2 heterocycles.